The zero-order valence-electron chi connectivity index (χ0n) is 23.1. The molecule has 0 N–H and O–H groups in total. The van der Waals surface area contributed by atoms with Gasteiger partial charge in [-0.2, -0.15) is 10.1 Å². The van der Waals surface area contributed by atoms with E-state index in [2.05, 4.69) is 82.1 Å². The van der Waals surface area contributed by atoms with Crippen molar-refractivity contribution in [1.82, 2.24) is 34.4 Å². The van der Waals surface area contributed by atoms with E-state index in [1.165, 1.54) is 28.8 Å². The Balaban J connectivity index is 1.08. The number of piperazine rings is 1. The number of rotatable bonds is 6. The van der Waals surface area contributed by atoms with Gasteiger partial charge in [-0.1, -0.05) is 24.3 Å². The Labute approximate surface area is 225 Å². The summed E-state index contributed by atoms with van der Waals surface area (Å²) in [5.41, 5.74) is 8.32. The summed E-state index contributed by atoms with van der Waals surface area (Å²) in [5.74, 6) is 2.05. The molecule has 0 bridgehead atoms. The van der Waals surface area contributed by atoms with Gasteiger partial charge in [0.05, 0.1) is 17.6 Å². The molecular weight excluding hydrogens is 472 g/mol. The van der Waals surface area contributed by atoms with Gasteiger partial charge in [0, 0.05) is 62.8 Å². The molecule has 4 aromatic rings. The van der Waals surface area contributed by atoms with Crippen LogP contribution in [0.15, 0.2) is 42.6 Å². The summed E-state index contributed by atoms with van der Waals surface area (Å²) < 4.78 is 1.89. The highest BCUT2D eigenvalue weighted by molar-refractivity contribution is 5.62. The summed E-state index contributed by atoms with van der Waals surface area (Å²) in [6.45, 7) is 13.9. The van der Waals surface area contributed by atoms with E-state index in [1.807, 2.05) is 17.6 Å². The molecule has 2 aliphatic rings. The van der Waals surface area contributed by atoms with Gasteiger partial charge in [-0.15, -0.1) is 0 Å². The van der Waals surface area contributed by atoms with E-state index in [1.54, 1.807) is 0 Å². The topological polar surface area (TPSA) is 65.7 Å². The summed E-state index contributed by atoms with van der Waals surface area (Å²) in [5, 5.41) is 4.54. The second-order valence-electron chi connectivity index (χ2n) is 11.1. The Kier molecular flexibility index (Phi) is 6.84. The van der Waals surface area contributed by atoms with Gasteiger partial charge in [0.15, 0.2) is 0 Å². The normalized spacial score (nSPS) is 19.1. The highest BCUT2D eigenvalue weighted by Gasteiger charge is 2.25. The highest BCUT2D eigenvalue weighted by Crippen LogP contribution is 2.29. The second-order valence-corrected chi connectivity index (χ2v) is 11.1. The molecule has 2 fully saturated rings. The van der Waals surface area contributed by atoms with Crippen molar-refractivity contribution >= 4 is 11.5 Å². The van der Waals surface area contributed by atoms with E-state index in [0.29, 0.717) is 11.7 Å². The SMILES string of the molecule is Cc1nc2nc(C)c(C[C@@H]3CCN(c4ccc(-c5ccc(CN6CCN(C)CC6)cc5)nc4)C3)c(C)n2n1. The Morgan fingerprint density at radius 2 is 1.68 bits per heavy atom. The monoisotopic (exact) mass is 510 g/mol. The maximum absolute atomic E-state index is 4.83. The molecule has 3 aromatic heterocycles. The zero-order chi connectivity index (χ0) is 26.2. The van der Waals surface area contributed by atoms with Crippen LogP contribution in [0.2, 0.25) is 0 Å². The molecule has 38 heavy (non-hydrogen) atoms. The molecule has 2 saturated heterocycles. The van der Waals surface area contributed by atoms with Gasteiger partial charge in [0.2, 0.25) is 0 Å². The highest BCUT2D eigenvalue weighted by atomic mass is 15.3. The van der Waals surface area contributed by atoms with Crippen LogP contribution in [0.25, 0.3) is 17.0 Å². The molecule has 2 aliphatic heterocycles. The van der Waals surface area contributed by atoms with Crippen LogP contribution >= 0.6 is 0 Å². The van der Waals surface area contributed by atoms with Crippen molar-refractivity contribution in [3.8, 4) is 11.3 Å². The van der Waals surface area contributed by atoms with Crippen LogP contribution in [-0.2, 0) is 13.0 Å². The number of benzene rings is 1. The molecule has 8 heteroatoms. The molecule has 0 spiro atoms. The van der Waals surface area contributed by atoms with Gasteiger partial charge in [-0.3, -0.25) is 9.88 Å². The predicted octanol–water partition coefficient (Wildman–Crippen LogP) is 3.93. The lowest BCUT2D eigenvalue weighted by Gasteiger charge is -2.32. The zero-order valence-corrected chi connectivity index (χ0v) is 23.1. The molecule has 1 atom stereocenters. The fourth-order valence-electron chi connectivity index (χ4n) is 5.92. The number of fused-ring (bicyclic) bond motifs is 1. The first-order valence-corrected chi connectivity index (χ1v) is 13.8. The van der Waals surface area contributed by atoms with Crippen molar-refractivity contribution in [2.45, 2.75) is 40.2 Å². The summed E-state index contributed by atoms with van der Waals surface area (Å²) >= 11 is 0. The van der Waals surface area contributed by atoms with Gasteiger partial charge in [0.1, 0.15) is 5.82 Å². The number of nitrogens with zero attached hydrogens (tertiary/aromatic N) is 8. The lowest BCUT2D eigenvalue weighted by Crippen LogP contribution is -2.43. The van der Waals surface area contributed by atoms with Crippen molar-refractivity contribution < 1.29 is 0 Å². The Morgan fingerprint density at radius 3 is 2.42 bits per heavy atom. The van der Waals surface area contributed by atoms with Crippen LogP contribution in [0.5, 0.6) is 0 Å². The fraction of sp³-hybridized carbons (Fsp3) is 0.467. The molecule has 6 rings (SSSR count). The molecule has 5 heterocycles. The number of aromatic nitrogens is 5. The van der Waals surface area contributed by atoms with E-state index >= 15 is 0 Å². The number of hydrogen-bond donors (Lipinski definition) is 0. The van der Waals surface area contributed by atoms with Gasteiger partial charge in [0.25, 0.3) is 5.78 Å². The molecule has 0 radical (unpaired) electrons. The van der Waals surface area contributed by atoms with Crippen molar-refractivity contribution in [1.29, 1.82) is 0 Å². The third-order valence-corrected chi connectivity index (χ3v) is 8.30. The quantitative estimate of drug-likeness (QED) is 0.389. The van der Waals surface area contributed by atoms with Crippen LogP contribution in [-0.4, -0.2) is 80.7 Å². The Hall–Kier alpha value is -3.36. The third-order valence-electron chi connectivity index (χ3n) is 8.30. The van der Waals surface area contributed by atoms with Gasteiger partial charge < -0.3 is 9.80 Å². The average molecular weight is 511 g/mol. The molecule has 0 amide bonds. The predicted molar refractivity (Wildman–Crippen MR) is 151 cm³/mol. The minimum Gasteiger partial charge on any atom is -0.370 e. The number of likely N-dealkylation sites (N-methyl/N-ethyl adjacent to an activating group) is 1. The number of anilines is 1. The van der Waals surface area contributed by atoms with E-state index in [-0.39, 0.29) is 0 Å². The van der Waals surface area contributed by atoms with Crippen LogP contribution in [0.3, 0.4) is 0 Å². The summed E-state index contributed by atoms with van der Waals surface area (Å²) in [6.07, 6.45) is 4.23. The largest absolute Gasteiger partial charge is 0.370 e. The fourth-order valence-corrected chi connectivity index (χ4v) is 5.92. The van der Waals surface area contributed by atoms with Crippen molar-refractivity contribution in [2.75, 3.05) is 51.2 Å². The van der Waals surface area contributed by atoms with E-state index < -0.39 is 0 Å². The first-order chi connectivity index (χ1) is 18.4. The van der Waals surface area contributed by atoms with Crippen LogP contribution in [0, 0.1) is 26.7 Å². The lowest BCUT2D eigenvalue weighted by atomic mass is 9.96. The lowest BCUT2D eigenvalue weighted by molar-refractivity contribution is 0.148. The van der Waals surface area contributed by atoms with Crippen molar-refractivity contribution in [3.05, 3.63) is 70.9 Å². The van der Waals surface area contributed by atoms with Crippen molar-refractivity contribution in [2.24, 2.45) is 5.92 Å². The maximum atomic E-state index is 4.83. The Morgan fingerprint density at radius 1 is 0.895 bits per heavy atom. The summed E-state index contributed by atoms with van der Waals surface area (Å²) in [6, 6.07) is 13.3. The van der Waals surface area contributed by atoms with Gasteiger partial charge >= 0.3 is 0 Å². The minimum absolute atomic E-state index is 0.587. The average Bonchev–Trinajstić information content (AvgIpc) is 3.55. The smallest absolute Gasteiger partial charge is 0.252 e. The first-order valence-electron chi connectivity index (χ1n) is 13.8. The second kappa shape index (κ2) is 10.4. The summed E-state index contributed by atoms with van der Waals surface area (Å²) in [4.78, 5) is 21.4. The molecule has 0 aliphatic carbocycles. The van der Waals surface area contributed by atoms with E-state index in [4.69, 9.17) is 9.97 Å². The Bertz CT molecular complexity index is 1400. The van der Waals surface area contributed by atoms with E-state index in [0.717, 1.165) is 75.1 Å². The number of pyridine rings is 1. The molecule has 198 valence electrons. The molecule has 0 unspecified atom stereocenters. The molecule has 0 saturated carbocycles. The first kappa shape index (κ1) is 24.9. The number of aryl methyl sites for hydroxylation is 3. The van der Waals surface area contributed by atoms with Crippen LogP contribution in [0.4, 0.5) is 5.69 Å². The van der Waals surface area contributed by atoms with Crippen molar-refractivity contribution in [3.63, 3.8) is 0 Å². The number of hydrogen-bond acceptors (Lipinski definition) is 7. The van der Waals surface area contributed by atoms with Crippen LogP contribution < -0.4 is 4.90 Å². The van der Waals surface area contributed by atoms with E-state index in [9.17, 15) is 0 Å². The minimum atomic E-state index is 0.587. The maximum Gasteiger partial charge on any atom is 0.252 e. The van der Waals surface area contributed by atoms with Crippen LogP contribution in [0.1, 0.15) is 34.8 Å². The van der Waals surface area contributed by atoms with Gasteiger partial charge in [-0.25, -0.2) is 9.50 Å². The van der Waals surface area contributed by atoms with Gasteiger partial charge in [-0.05, 0) is 69.8 Å². The third kappa shape index (κ3) is 5.15. The molecule has 1 aromatic carbocycles. The molecule has 8 nitrogen and oxygen atoms in total. The molecular formula is C30H38N8. The standard InChI is InChI=1S/C30H38N8/c1-21-28(22(2)38-30(32-21)33-23(3)34-38)17-25-11-12-37(20-25)27-9-10-29(31-18-27)26-7-5-24(6-8-26)19-36-15-13-35(4)14-16-36/h5-10,18,25H,11-17,19-20H2,1-4H3/t25-/m0/s1. The summed E-state index contributed by atoms with van der Waals surface area (Å²) in [7, 11) is 2.20.